The molecular formula is C22H35FN4O2+2. The molecule has 160 valence electrons. The normalized spacial score (nSPS) is 29.8. The molecule has 3 rings (SSSR count). The monoisotopic (exact) mass is 406 g/mol. The summed E-state index contributed by atoms with van der Waals surface area (Å²) in [6.07, 6.45) is 3.55. The number of hydrogen-bond donors (Lipinski definition) is 4. The van der Waals surface area contributed by atoms with Gasteiger partial charge in [-0.1, -0.05) is 32.8 Å². The zero-order valence-electron chi connectivity index (χ0n) is 17.6. The first-order valence-electron chi connectivity index (χ1n) is 10.9. The van der Waals surface area contributed by atoms with Gasteiger partial charge < -0.3 is 20.4 Å². The Morgan fingerprint density at radius 1 is 1.03 bits per heavy atom. The molecule has 1 aliphatic heterocycles. The van der Waals surface area contributed by atoms with E-state index in [1.165, 1.54) is 34.8 Å². The quantitative estimate of drug-likeness (QED) is 0.514. The summed E-state index contributed by atoms with van der Waals surface area (Å²) in [6.45, 7) is 8.89. The van der Waals surface area contributed by atoms with Gasteiger partial charge in [0.1, 0.15) is 32.0 Å². The molecule has 0 aromatic heterocycles. The van der Waals surface area contributed by atoms with Crippen molar-refractivity contribution in [2.45, 2.75) is 39.2 Å². The first-order chi connectivity index (χ1) is 13.9. The molecule has 4 N–H and O–H groups in total. The largest absolute Gasteiger partial charge is 0.348 e. The minimum Gasteiger partial charge on any atom is -0.348 e. The van der Waals surface area contributed by atoms with Crippen LogP contribution < -0.4 is 20.4 Å². The number of carbonyl (C=O) groups excluding carboxylic acids is 2. The van der Waals surface area contributed by atoms with Gasteiger partial charge in [0.2, 0.25) is 0 Å². The highest BCUT2D eigenvalue weighted by molar-refractivity contribution is 5.91. The van der Waals surface area contributed by atoms with Gasteiger partial charge in [0, 0.05) is 11.7 Å². The lowest BCUT2D eigenvalue weighted by Gasteiger charge is -2.35. The van der Waals surface area contributed by atoms with Crippen LogP contribution in [0.1, 0.15) is 33.1 Å². The minimum absolute atomic E-state index is 0.104. The third-order valence-electron chi connectivity index (χ3n) is 6.65. The zero-order chi connectivity index (χ0) is 20.8. The van der Waals surface area contributed by atoms with Crippen molar-refractivity contribution in [3.63, 3.8) is 0 Å². The van der Waals surface area contributed by atoms with Gasteiger partial charge in [0.25, 0.3) is 11.8 Å². The third kappa shape index (κ3) is 6.51. The van der Waals surface area contributed by atoms with Crippen molar-refractivity contribution in [3.05, 3.63) is 30.1 Å². The molecule has 2 amide bonds. The molecule has 0 spiro atoms. The second-order valence-electron chi connectivity index (χ2n) is 8.85. The fraction of sp³-hybridized carbons (Fsp3) is 0.636. The summed E-state index contributed by atoms with van der Waals surface area (Å²) in [5, 5.41) is 6.02. The van der Waals surface area contributed by atoms with Gasteiger partial charge in [-0.15, -0.1) is 0 Å². The molecule has 1 heterocycles. The summed E-state index contributed by atoms with van der Waals surface area (Å²) in [7, 11) is 0. The first kappa shape index (κ1) is 21.7. The first-order valence-corrected chi connectivity index (χ1v) is 10.9. The number of halogens is 1. The SMILES string of the molecule is C[C@@H]1[C@@H](C)CCC[C@H]1NC(=O)C[NH+]1CC[NH+](CC(=O)Nc2cccc(F)c2)CC1. The average Bonchev–Trinajstić information content (AvgIpc) is 2.67. The number of nitrogens with one attached hydrogen (secondary N) is 4. The number of hydrogen-bond acceptors (Lipinski definition) is 2. The highest BCUT2D eigenvalue weighted by atomic mass is 19.1. The van der Waals surface area contributed by atoms with Crippen LogP contribution in [-0.4, -0.2) is 57.1 Å². The van der Waals surface area contributed by atoms with Crippen LogP contribution in [0, 0.1) is 17.7 Å². The Morgan fingerprint density at radius 2 is 1.69 bits per heavy atom. The fourth-order valence-corrected chi connectivity index (χ4v) is 4.58. The van der Waals surface area contributed by atoms with Crippen LogP contribution in [-0.2, 0) is 9.59 Å². The number of amides is 2. The van der Waals surface area contributed by atoms with Crippen LogP contribution in [0.5, 0.6) is 0 Å². The summed E-state index contributed by atoms with van der Waals surface area (Å²) >= 11 is 0. The predicted molar refractivity (Wildman–Crippen MR) is 110 cm³/mol. The Morgan fingerprint density at radius 3 is 2.34 bits per heavy atom. The molecule has 1 saturated heterocycles. The van der Waals surface area contributed by atoms with Crippen molar-refractivity contribution in [2.75, 3.05) is 44.6 Å². The minimum atomic E-state index is -0.359. The fourth-order valence-electron chi connectivity index (χ4n) is 4.58. The molecule has 3 atom stereocenters. The summed E-state index contributed by atoms with van der Waals surface area (Å²) in [5.74, 6) is 0.904. The molecule has 2 fully saturated rings. The molecule has 7 heteroatoms. The summed E-state index contributed by atoms with van der Waals surface area (Å²) < 4.78 is 13.2. The van der Waals surface area contributed by atoms with E-state index in [0.29, 0.717) is 36.7 Å². The Bertz CT molecular complexity index is 706. The summed E-state index contributed by atoms with van der Waals surface area (Å²) in [4.78, 5) is 27.2. The molecule has 29 heavy (non-hydrogen) atoms. The molecule has 0 unspecified atom stereocenters. The van der Waals surface area contributed by atoms with Gasteiger partial charge in [-0.25, -0.2) is 4.39 Å². The molecule has 0 bridgehead atoms. The molecule has 0 radical (unpaired) electrons. The van der Waals surface area contributed by atoms with Crippen molar-refractivity contribution < 1.29 is 23.8 Å². The van der Waals surface area contributed by atoms with Crippen LogP contribution in [0.4, 0.5) is 10.1 Å². The highest BCUT2D eigenvalue weighted by Crippen LogP contribution is 2.29. The van der Waals surface area contributed by atoms with E-state index in [4.69, 9.17) is 0 Å². The van der Waals surface area contributed by atoms with Gasteiger partial charge in [-0.3, -0.25) is 9.59 Å². The van der Waals surface area contributed by atoms with E-state index < -0.39 is 0 Å². The van der Waals surface area contributed by atoms with Crippen molar-refractivity contribution in [2.24, 2.45) is 11.8 Å². The molecule has 1 aromatic carbocycles. The van der Waals surface area contributed by atoms with E-state index in [1.54, 1.807) is 12.1 Å². The van der Waals surface area contributed by atoms with E-state index in [1.807, 2.05) is 0 Å². The predicted octanol–water partition coefficient (Wildman–Crippen LogP) is -0.511. The number of anilines is 1. The van der Waals surface area contributed by atoms with Gasteiger partial charge >= 0.3 is 0 Å². The summed E-state index contributed by atoms with van der Waals surface area (Å²) in [6, 6.07) is 6.25. The Balaban J connectivity index is 1.36. The number of benzene rings is 1. The molecular weight excluding hydrogens is 371 g/mol. The average molecular weight is 407 g/mol. The standard InChI is InChI=1S/C22H33FN4O2/c1-16-5-3-8-20(17(16)2)25-22(29)15-27-11-9-26(10-12-27)14-21(28)24-19-7-4-6-18(23)13-19/h4,6-7,13,16-17,20H,3,5,8-12,14-15H2,1-2H3,(H,24,28)(H,25,29)/p+2/t16-,17+,20+/m0/s1. The lowest BCUT2D eigenvalue weighted by Crippen LogP contribution is -3.28. The molecule has 1 saturated carbocycles. The lowest BCUT2D eigenvalue weighted by atomic mass is 9.78. The Kier molecular flexibility index (Phi) is 7.61. The van der Waals surface area contributed by atoms with Crippen molar-refractivity contribution in [1.82, 2.24) is 5.32 Å². The van der Waals surface area contributed by atoms with Crippen LogP contribution in [0.15, 0.2) is 24.3 Å². The zero-order valence-corrected chi connectivity index (χ0v) is 17.6. The molecule has 1 aromatic rings. The van der Waals surface area contributed by atoms with Crippen molar-refractivity contribution >= 4 is 17.5 Å². The van der Waals surface area contributed by atoms with Crippen molar-refractivity contribution in [1.29, 1.82) is 0 Å². The second kappa shape index (κ2) is 10.2. The smallest absolute Gasteiger partial charge is 0.279 e. The van der Waals surface area contributed by atoms with Crippen LogP contribution in [0.3, 0.4) is 0 Å². The highest BCUT2D eigenvalue weighted by Gasteiger charge is 2.30. The van der Waals surface area contributed by atoms with Gasteiger partial charge in [0.05, 0.1) is 0 Å². The topological polar surface area (TPSA) is 67.1 Å². The molecule has 1 aliphatic carbocycles. The van der Waals surface area contributed by atoms with E-state index >= 15 is 0 Å². The van der Waals surface area contributed by atoms with Crippen LogP contribution >= 0.6 is 0 Å². The molecule has 2 aliphatic rings. The molecule has 6 nitrogen and oxygen atoms in total. The second-order valence-corrected chi connectivity index (χ2v) is 8.85. The number of quaternary nitrogens is 2. The maximum Gasteiger partial charge on any atom is 0.279 e. The Hall–Kier alpha value is -1.99. The van der Waals surface area contributed by atoms with Gasteiger partial charge in [0.15, 0.2) is 13.1 Å². The van der Waals surface area contributed by atoms with Crippen LogP contribution in [0.2, 0.25) is 0 Å². The van der Waals surface area contributed by atoms with E-state index in [2.05, 4.69) is 24.5 Å². The van der Waals surface area contributed by atoms with E-state index in [0.717, 1.165) is 32.6 Å². The summed E-state index contributed by atoms with van der Waals surface area (Å²) in [5.41, 5.74) is 0.488. The lowest BCUT2D eigenvalue weighted by molar-refractivity contribution is -1.00. The maximum atomic E-state index is 13.2. The number of rotatable bonds is 6. The number of piperazine rings is 1. The Labute approximate surface area is 172 Å². The third-order valence-corrected chi connectivity index (χ3v) is 6.65. The van der Waals surface area contributed by atoms with Crippen molar-refractivity contribution in [3.8, 4) is 0 Å². The van der Waals surface area contributed by atoms with E-state index in [9.17, 15) is 14.0 Å². The maximum absolute atomic E-state index is 13.2. The van der Waals surface area contributed by atoms with E-state index in [-0.39, 0.29) is 17.6 Å². The van der Waals surface area contributed by atoms with Gasteiger partial charge in [-0.2, -0.15) is 0 Å². The van der Waals surface area contributed by atoms with Gasteiger partial charge in [-0.05, 0) is 36.5 Å². The number of carbonyl (C=O) groups is 2. The van der Waals surface area contributed by atoms with Crippen LogP contribution in [0.25, 0.3) is 0 Å².